The summed E-state index contributed by atoms with van der Waals surface area (Å²) >= 11 is 0. The quantitative estimate of drug-likeness (QED) is 0.665. The summed E-state index contributed by atoms with van der Waals surface area (Å²) in [7, 11) is 1.57. The number of hydrogen-bond donors (Lipinski definition) is 2. The van der Waals surface area contributed by atoms with E-state index in [9.17, 15) is 14.3 Å². The molecule has 27 heavy (non-hydrogen) atoms. The summed E-state index contributed by atoms with van der Waals surface area (Å²) in [6.07, 6.45) is 0.553. The van der Waals surface area contributed by atoms with E-state index in [0.717, 1.165) is 0 Å². The number of nitrogens with zero attached hydrogens (tertiary/aromatic N) is 3. The Morgan fingerprint density at radius 3 is 2.70 bits per heavy atom. The van der Waals surface area contributed by atoms with E-state index in [4.69, 9.17) is 4.74 Å². The van der Waals surface area contributed by atoms with Gasteiger partial charge in [0.15, 0.2) is 0 Å². The molecule has 0 aliphatic carbocycles. The molecule has 0 spiro atoms. The maximum Gasteiger partial charge on any atom is 0.291 e. The van der Waals surface area contributed by atoms with E-state index in [2.05, 4.69) is 15.4 Å². The lowest BCUT2D eigenvalue weighted by atomic mass is 10.1. The Morgan fingerprint density at radius 2 is 2.00 bits per heavy atom. The zero-order valence-corrected chi connectivity index (χ0v) is 14.7. The van der Waals surface area contributed by atoms with Gasteiger partial charge in [-0.25, -0.2) is 14.1 Å². The van der Waals surface area contributed by atoms with E-state index in [0.29, 0.717) is 16.9 Å². The molecule has 1 aromatic heterocycles. The van der Waals surface area contributed by atoms with Crippen molar-refractivity contribution >= 4 is 5.91 Å². The summed E-state index contributed by atoms with van der Waals surface area (Å²) in [5.74, 6) is -0.261. The van der Waals surface area contributed by atoms with Crippen molar-refractivity contribution in [3.63, 3.8) is 0 Å². The van der Waals surface area contributed by atoms with Crippen LogP contribution in [0.15, 0.2) is 54.9 Å². The fourth-order valence-electron chi connectivity index (χ4n) is 2.49. The number of halogens is 1. The zero-order chi connectivity index (χ0) is 19.2. The Labute approximate surface area is 155 Å². The number of nitrogens with one attached hydrogen (secondary N) is 1. The lowest BCUT2D eigenvalue weighted by Crippen LogP contribution is -2.24. The van der Waals surface area contributed by atoms with E-state index < -0.39 is 12.0 Å². The second kappa shape index (κ2) is 8.41. The summed E-state index contributed by atoms with van der Waals surface area (Å²) < 4.78 is 20.0. The standard InChI is InChI=1S/C19H19FN4O3/c1-27-15-8-6-13(7-9-15)17(25)11-24-12-22-18(23-24)19(26)21-10-14-4-2-3-5-16(14)20/h2-9,12,17,25H,10-11H2,1H3,(H,21,26)/t17-/m1/s1. The Hall–Kier alpha value is -3.26. The summed E-state index contributed by atoms with van der Waals surface area (Å²) in [6, 6.07) is 13.2. The van der Waals surface area contributed by atoms with Crippen LogP contribution < -0.4 is 10.1 Å². The van der Waals surface area contributed by atoms with Gasteiger partial charge in [0.25, 0.3) is 5.91 Å². The molecule has 0 unspecified atom stereocenters. The molecule has 8 heteroatoms. The van der Waals surface area contributed by atoms with Crippen molar-refractivity contribution < 1.29 is 19.0 Å². The van der Waals surface area contributed by atoms with Crippen LogP contribution in [0.25, 0.3) is 0 Å². The van der Waals surface area contributed by atoms with Crippen LogP contribution in [0.3, 0.4) is 0 Å². The fraction of sp³-hybridized carbons (Fsp3) is 0.211. The van der Waals surface area contributed by atoms with Crippen LogP contribution in [0.4, 0.5) is 4.39 Å². The third-order valence-corrected chi connectivity index (χ3v) is 4.00. The van der Waals surface area contributed by atoms with Crippen LogP contribution in [0.2, 0.25) is 0 Å². The van der Waals surface area contributed by atoms with Crippen molar-refractivity contribution in [2.24, 2.45) is 0 Å². The van der Waals surface area contributed by atoms with Crippen molar-refractivity contribution in [2.45, 2.75) is 19.2 Å². The predicted octanol–water partition coefficient (Wildman–Crippen LogP) is 2.09. The number of aromatic nitrogens is 3. The van der Waals surface area contributed by atoms with Gasteiger partial charge in [-0.05, 0) is 23.8 Å². The number of ether oxygens (including phenoxy) is 1. The second-order valence-electron chi connectivity index (χ2n) is 5.85. The number of methoxy groups -OCH3 is 1. The van der Waals surface area contributed by atoms with Crippen LogP contribution in [-0.4, -0.2) is 32.9 Å². The monoisotopic (exact) mass is 370 g/mol. The van der Waals surface area contributed by atoms with Crippen LogP contribution in [-0.2, 0) is 13.1 Å². The minimum absolute atomic E-state index is 0.0362. The Balaban J connectivity index is 1.58. The molecule has 0 saturated carbocycles. The average Bonchev–Trinajstić information content (AvgIpc) is 3.15. The molecule has 0 fully saturated rings. The van der Waals surface area contributed by atoms with Gasteiger partial charge in [0.1, 0.15) is 17.9 Å². The fourth-order valence-corrected chi connectivity index (χ4v) is 2.49. The van der Waals surface area contributed by atoms with Gasteiger partial charge in [0, 0.05) is 12.1 Å². The maximum absolute atomic E-state index is 13.6. The van der Waals surface area contributed by atoms with E-state index >= 15 is 0 Å². The lowest BCUT2D eigenvalue weighted by Gasteiger charge is -2.11. The summed E-state index contributed by atoms with van der Waals surface area (Å²) in [4.78, 5) is 16.1. The molecule has 0 radical (unpaired) electrons. The molecule has 7 nitrogen and oxygen atoms in total. The van der Waals surface area contributed by atoms with E-state index in [-0.39, 0.29) is 24.7 Å². The smallest absolute Gasteiger partial charge is 0.291 e. The Bertz CT molecular complexity index is 911. The SMILES string of the molecule is COc1ccc([C@H](O)Cn2cnc(C(=O)NCc3ccccc3F)n2)cc1. The minimum Gasteiger partial charge on any atom is -0.497 e. The first-order valence-corrected chi connectivity index (χ1v) is 8.30. The lowest BCUT2D eigenvalue weighted by molar-refractivity contribution is 0.0938. The number of carbonyl (C=O) groups is 1. The molecule has 140 valence electrons. The van der Waals surface area contributed by atoms with Gasteiger partial charge in [-0.15, -0.1) is 5.10 Å². The highest BCUT2D eigenvalue weighted by atomic mass is 19.1. The van der Waals surface area contributed by atoms with E-state index in [1.54, 1.807) is 49.6 Å². The molecule has 0 saturated heterocycles. The maximum atomic E-state index is 13.6. The molecular weight excluding hydrogens is 351 g/mol. The van der Waals surface area contributed by atoms with Gasteiger partial charge in [-0.1, -0.05) is 30.3 Å². The third-order valence-electron chi connectivity index (χ3n) is 4.00. The first-order chi connectivity index (χ1) is 13.1. The predicted molar refractivity (Wildman–Crippen MR) is 95.5 cm³/mol. The van der Waals surface area contributed by atoms with Crippen molar-refractivity contribution in [3.05, 3.63) is 77.6 Å². The molecule has 1 atom stereocenters. The van der Waals surface area contributed by atoms with Crippen molar-refractivity contribution in [1.82, 2.24) is 20.1 Å². The molecule has 3 aromatic rings. The molecule has 0 aliphatic rings. The van der Waals surface area contributed by atoms with Crippen LogP contribution in [0.1, 0.15) is 27.8 Å². The van der Waals surface area contributed by atoms with Crippen molar-refractivity contribution in [1.29, 1.82) is 0 Å². The second-order valence-corrected chi connectivity index (χ2v) is 5.85. The average molecular weight is 370 g/mol. The van der Waals surface area contributed by atoms with Crippen LogP contribution in [0.5, 0.6) is 5.75 Å². The molecule has 2 N–H and O–H groups in total. The number of hydrogen-bond acceptors (Lipinski definition) is 5. The van der Waals surface area contributed by atoms with Gasteiger partial charge >= 0.3 is 0 Å². The molecule has 0 aliphatic heterocycles. The molecular formula is C19H19FN4O3. The summed E-state index contributed by atoms with van der Waals surface area (Å²) in [5.41, 5.74) is 1.07. The van der Waals surface area contributed by atoms with Crippen LogP contribution >= 0.6 is 0 Å². The molecule has 2 aromatic carbocycles. The Morgan fingerprint density at radius 1 is 1.26 bits per heavy atom. The van der Waals surface area contributed by atoms with E-state index in [1.165, 1.54) is 17.1 Å². The number of aliphatic hydroxyl groups excluding tert-OH is 1. The summed E-state index contributed by atoms with van der Waals surface area (Å²) in [5, 5.41) is 16.9. The highest BCUT2D eigenvalue weighted by Crippen LogP contribution is 2.18. The first-order valence-electron chi connectivity index (χ1n) is 8.30. The third kappa shape index (κ3) is 4.68. The first kappa shape index (κ1) is 18.5. The van der Waals surface area contributed by atoms with Crippen molar-refractivity contribution in [3.8, 4) is 5.75 Å². The highest BCUT2D eigenvalue weighted by molar-refractivity contribution is 5.90. The minimum atomic E-state index is -0.813. The highest BCUT2D eigenvalue weighted by Gasteiger charge is 2.14. The van der Waals surface area contributed by atoms with Gasteiger partial charge < -0.3 is 15.2 Å². The van der Waals surface area contributed by atoms with Gasteiger partial charge in [0.05, 0.1) is 19.8 Å². The largest absolute Gasteiger partial charge is 0.497 e. The van der Waals surface area contributed by atoms with Gasteiger partial charge in [-0.3, -0.25) is 4.79 Å². The summed E-state index contributed by atoms with van der Waals surface area (Å²) in [6.45, 7) is 0.175. The number of carbonyl (C=O) groups excluding carboxylic acids is 1. The van der Waals surface area contributed by atoms with Gasteiger partial charge in [0.2, 0.25) is 5.82 Å². The molecule has 3 rings (SSSR count). The van der Waals surface area contributed by atoms with Crippen molar-refractivity contribution in [2.75, 3.05) is 7.11 Å². The van der Waals surface area contributed by atoms with Gasteiger partial charge in [-0.2, -0.15) is 0 Å². The molecule has 0 bridgehead atoms. The number of amides is 1. The number of benzene rings is 2. The topological polar surface area (TPSA) is 89.3 Å². The Kier molecular flexibility index (Phi) is 5.77. The normalized spacial score (nSPS) is 11.8. The number of aliphatic hydroxyl groups is 1. The van der Waals surface area contributed by atoms with Crippen LogP contribution in [0, 0.1) is 5.82 Å². The number of rotatable bonds is 7. The van der Waals surface area contributed by atoms with E-state index in [1.807, 2.05) is 0 Å². The molecule has 1 heterocycles. The molecule has 1 amide bonds. The zero-order valence-electron chi connectivity index (χ0n) is 14.7.